The maximum atomic E-state index is 11.8. The summed E-state index contributed by atoms with van der Waals surface area (Å²) in [6.07, 6.45) is 2.11. The van der Waals surface area contributed by atoms with Gasteiger partial charge in [-0.1, -0.05) is 13.3 Å². The fourth-order valence-corrected chi connectivity index (χ4v) is 1.78. The van der Waals surface area contributed by atoms with Gasteiger partial charge in [-0.15, -0.1) is 0 Å². The zero-order valence-corrected chi connectivity index (χ0v) is 12.7. The van der Waals surface area contributed by atoms with Crippen LogP contribution in [-0.4, -0.2) is 41.6 Å². The lowest BCUT2D eigenvalue weighted by Gasteiger charge is -2.22. The van der Waals surface area contributed by atoms with Gasteiger partial charge in [0.2, 0.25) is 0 Å². The molecule has 0 saturated carbocycles. The molecule has 114 valence electrons. The Morgan fingerprint density at radius 3 is 2.40 bits per heavy atom. The molecule has 0 aliphatic carbocycles. The van der Waals surface area contributed by atoms with Gasteiger partial charge in [0, 0.05) is 19.6 Å². The molecule has 0 aromatic carbocycles. The van der Waals surface area contributed by atoms with Crippen LogP contribution in [0, 0.1) is 23.2 Å². The third kappa shape index (κ3) is 7.62. The van der Waals surface area contributed by atoms with Gasteiger partial charge >= 0.3 is 12.0 Å². The van der Waals surface area contributed by atoms with E-state index in [2.05, 4.69) is 11.4 Å². The molecule has 6 nitrogen and oxygen atoms in total. The zero-order chi connectivity index (χ0) is 15.7. The van der Waals surface area contributed by atoms with Gasteiger partial charge in [0.15, 0.2) is 0 Å². The zero-order valence-electron chi connectivity index (χ0n) is 12.7. The summed E-state index contributed by atoms with van der Waals surface area (Å²) in [5.74, 6) is -1.33. The number of aliphatic carboxylic acids is 1. The summed E-state index contributed by atoms with van der Waals surface area (Å²) < 4.78 is 0. The van der Waals surface area contributed by atoms with Crippen LogP contribution in [-0.2, 0) is 4.79 Å². The number of hydrogen-bond acceptors (Lipinski definition) is 3. The molecule has 20 heavy (non-hydrogen) atoms. The van der Waals surface area contributed by atoms with E-state index in [-0.39, 0.29) is 23.9 Å². The van der Waals surface area contributed by atoms with E-state index in [0.717, 1.165) is 12.8 Å². The van der Waals surface area contributed by atoms with E-state index in [4.69, 9.17) is 10.4 Å². The van der Waals surface area contributed by atoms with Gasteiger partial charge in [-0.05, 0) is 26.7 Å². The topological polar surface area (TPSA) is 93.4 Å². The van der Waals surface area contributed by atoms with E-state index in [1.54, 1.807) is 20.9 Å². The van der Waals surface area contributed by atoms with Crippen molar-refractivity contribution in [1.29, 1.82) is 5.26 Å². The Morgan fingerprint density at radius 1 is 1.30 bits per heavy atom. The maximum absolute atomic E-state index is 11.8. The largest absolute Gasteiger partial charge is 0.481 e. The second kappa shape index (κ2) is 9.18. The third-order valence-electron chi connectivity index (χ3n) is 3.18. The van der Waals surface area contributed by atoms with Crippen molar-refractivity contribution >= 4 is 12.0 Å². The van der Waals surface area contributed by atoms with E-state index >= 15 is 0 Å². The molecule has 0 aliphatic heterocycles. The van der Waals surface area contributed by atoms with Crippen molar-refractivity contribution in [3.63, 3.8) is 0 Å². The summed E-state index contributed by atoms with van der Waals surface area (Å²) in [7, 11) is 1.66. The van der Waals surface area contributed by atoms with Gasteiger partial charge in [0.05, 0.1) is 17.9 Å². The van der Waals surface area contributed by atoms with Gasteiger partial charge in [-0.25, -0.2) is 4.79 Å². The molecule has 0 saturated heterocycles. The monoisotopic (exact) mass is 283 g/mol. The van der Waals surface area contributed by atoms with Crippen LogP contribution in [0.25, 0.3) is 0 Å². The van der Waals surface area contributed by atoms with Crippen LogP contribution in [0.1, 0.15) is 40.0 Å². The van der Waals surface area contributed by atoms with Crippen molar-refractivity contribution in [3.8, 4) is 6.07 Å². The van der Waals surface area contributed by atoms with Crippen LogP contribution in [0.5, 0.6) is 0 Å². The van der Waals surface area contributed by atoms with Crippen molar-refractivity contribution in [2.24, 2.45) is 11.8 Å². The van der Waals surface area contributed by atoms with Gasteiger partial charge in [0.1, 0.15) is 0 Å². The van der Waals surface area contributed by atoms with E-state index < -0.39 is 5.97 Å². The third-order valence-corrected chi connectivity index (χ3v) is 3.18. The number of carbonyl (C=O) groups is 2. The number of rotatable bonds is 8. The van der Waals surface area contributed by atoms with Gasteiger partial charge in [0.25, 0.3) is 0 Å². The number of nitrogens with zero attached hydrogens (tertiary/aromatic N) is 2. The molecule has 0 fully saturated rings. The molecule has 0 aromatic heterocycles. The molecule has 0 spiro atoms. The van der Waals surface area contributed by atoms with Crippen LogP contribution in [0.15, 0.2) is 0 Å². The fraction of sp³-hybridized carbons (Fsp3) is 0.786. The summed E-state index contributed by atoms with van der Waals surface area (Å²) >= 11 is 0. The molecular formula is C14H25N3O3. The van der Waals surface area contributed by atoms with Crippen LogP contribution in [0.3, 0.4) is 0 Å². The van der Waals surface area contributed by atoms with Crippen LogP contribution < -0.4 is 5.32 Å². The standard InChI is InChI=1S/C14H25N3O3/c1-10(8-15)9-17(4)14(20)16-12(3)7-5-6-11(2)13(18)19/h10-12H,5-7,9H2,1-4H3,(H,16,20)(H,18,19). The molecule has 3 unspecified atom stereocenters. The quantitative estimate of drug-likeness (QED) is 0.713. The van der Waals surface area contributed by atoms with Crippen molar-refractivity contribution in [1.82, 2.24) is 10.2 Å². The Balaban J connectivity index is 3.96. The van der Waals surface area contributed by atoms with Crippen LogP contribution >= 0.6 is 0 Å². The lowest BCUT2D eigenvalue weighted by atomic mass is 10.0. The van der Waals surface area contributed by atoms with E-state index in [0.29, 0.717) is 13.0 Å². The van der Waals surface area contributed by atoms with Crippen LogP contribution in [0.4, 0.5) is 4.79 Å². The highest BCUT2D eigenvalue weighted by molar-refractivity contribution is 5.74. The highest BCUT2D eigenvalue weighted by Crippen LogP contribution is 2.09. The summed E-state index contributed by atoms with van der Waals surface area (Å²) in [5.41, 5.74) is 0. The smallest absolute Gasteiger partial charge is 0.317 e. The molecule has 2 N–H and O–H groups in total. The molecule has 0 rings (SSSR count). The minimum atomic E-state index is -0.785. The van der Waals surface area contributed by atoms with Gasteiger partial charge in [-0.3, -0.25) is 4.79 Å². The SMILES string of the molecule is CC(C#N)CN(C)C(=O)NC(C)CCCC(C)C(=O)O. The van der Waals surface area contributed by atoms with Crippen molar-refractivity contribution in [2.45, 2.75) is 46.1 Å². The van der Waals surface area contributed by atoms with E-state index in [9.17, 15) is 9.59 Å². The lowest BCUT2D eigenvalue weighted by molar-refractivity contribution is -0.141. The summed E-state index contributed by atoms with van der Waals surface area (Å²) in [5, 5.41) is 20.3. The Hall–Kier alpha value is -1.77. The highest BCUT2D eigenvalue weighted by atomic mass is 16.4. The Labute approximate surface area is 120 Å². The number of hydrogen-bond donors (Lipinski definition) is 2. The number of amides is 2. The van der Waals surface area contributed by atoms with Gasteiger partial charge in [-0.2, -0.15) is 5.26 Å². The second-order valence-electron chi connectivity index (χ2n) is 5.43. The first-order valence-electron chi connectivity index (χ1n) is 6.92. The minimum Gasteiger partial charge on any atom is -0.481 e. The van der Waals surface area contributed by atoms with Crippen LogP contribution in [0.2, 0.25) is 0 Å². The number of carbonyl (C=O) groups excluding carboxylic acids is 1. The average Bonchev–Trinajstić information content (AvgIpc) is 2.37. The lowest BCUT2D eigenvalue weighted by Crippen LogP contribution is -2.43. The van der Waals surface area contributed by atoms with E-state index in [1.807, 2.05) is 6.92 Å². The van der Waals surface area contributed by atoms with Crippen molar-refractivity contribution in [3.05, 3.63) is 0 Å². The molecule has 0 radical (unpaired) electrons. The fourth-order valence-electron chi connectivity index (χ4n) is 1.78. The molecule has 0 bridgehead atoms. The molecule has 0 aliphatic rings. The molecule has 0 heterocycles. The number of urea groups is 1. The molecule has 0 aromatic rings. The normalized spacial score (nSPS) is 14.8. The number of nitrogens with one attached hydrogen (secondary N) is 1. The minimum absolute atomic E-state index is 0.0108. The highest BCUT2D eigenvalue weighted by Gasteiger charge is 2.15. The first-order chi connectivity index (χ1) is 9.27. The molecular weight excluding hydrogens is 258 g/mol. The molecule has 6 heteroatoms. The predicted octanol–water partition coefficient (Wildman–Crippen LogP) is 2.07. The number of nitriles is 1. The summed E-state index contributed by atoms with van der Waals surface area (Å²) in [6.45, 7) is 5.74. The summed E-state index contributed by atoms with van der Waals surface area (Å²) in [6, 6.07) is 1.87. The van der Waals surface area contributed by atoms with Crippen molar-refractivity contribution in [2.75, 3.05) is 13.6 Å². The maximum Gasteiger partial charge on any atom is 0.317 e. The summed E-state index contributed by atoms with van der Waals surface area (Å²) in [4.78, 5) is 24.0. The Bertz CT molecular complexity index is 365. The van der Waals surface area contributed by atoms with Gasteiger partial charge < -0.3 is 15.3 Å². The van der Waals surface area contributed by atoms with E-state index in [1.165, 1.54) is 4.90 Å². The molecule has 3 atom stereocenters. The number of carboxylic acid groups (broad SMARTS) is 1. The number of carboxylic acids is 1. The second-order valence-corrected chi connectivity index (χ2v) is 5.43. The van der Waals surface area contributed by atoms with Crippen molar-refractivity contribution < 1.29 is 14.7 Å². The first kappa shape index (κ1) is 18.2. The molecule has 2 amide bonds. The average molecular weight is 283 g/mol. The predicted molar refractivity (Wildman–Crippen MR) is 76.1 cm³/mol. The first-order valence-corrected chi connectivity index (χ1v) is 6.92. The Kier molecular flexibility index (Phi) is 8.37. The Morgan fingerprint density at radius 2 is 1.90 bits per heavy atom.